The van der Waals surface area contributed by atoms with Crippen molar-refractivity contribution in [2.24, 2.45) is 0 Å². The Balaban J connectivity index is 2.25. The molecule has 0 saturated carbocycles. The molecule has 3 nitrogen and oxygen atoms in total. The van der Waals surface area contributed by atoms with Crippen molar-refractivity contribution in [1.29, 1.82) is 0 Å². The van der Waals surface area contributed by atoms with E-state index in [1.807, 2.05) is 6.07 Å². The maximum Gasteiger partial charge on any atom is 0.148 e. The molecule has 1 atom stereocenters. The molecule has 1 aliphatic rings. The van der Waals surface area contributed by atoms with Gasteiger partial charge in [-0.2, -0.15) is 0 Å². The lowest BCUT2D eigenvalue weighted by atomic mass is 9.94. The number of nitrogens with zero attached hydrogens (tertiary/aromatic N) is 1. The zero-order valence-corrected chi connectivity index (χ0v) is 10.4. The Kier molecular flexibility index (Phi) is 3.24. The Morgan fingerprint density at radius 1 is 1.47 bits per heavy atom. The number of hydrogen-bond donors (Lipinski definition) is 1. The van der Waals surface area contributed by atoms with Crippen molar-refractivity contribution in [1.82, 2.24) is 0 Å². The first-order chi connectivity index (χ1) is 8.06. The monoisotopic (exact) mass is 238 g/mol. The van der Waals surface area contributed by atoms with Crippen molar-refractivity contribution in [2.75, 3.05) is 30.8 Å². The molecule has 17 heavy (non-hydrogen) atoms. The molecule has 4 heteroatoms. The van der Waals surface area contributed by atoms with Crippen LogP contribution in [0, 0.1) is 5.82 Å². The lowest BCUT2D eigenvalue weighted by molar-refractivity contribution is -0.00463. The number of nitrogen functional groups attached to an aromatic ring is 1. The molecule has 1 saturated heterocycles. The molecule has 0 bridgehead atoms. The fraction of sp³-hybridized carbons (Fsp3) is 0.538. The predicted molar refractivity (Wildman–Crippen MR) is 67.7 cm³/mol. The first-order valence-corrected chi connectivity index (χ1v) is 5.90. The fourth-order valence-corrected chi connectivity index (χ4v) is 2.38. The van der Waals surface area contributed by atoms with E-state index in [0.29, 0.717) is 0 Å². The van der Waals surface area contributed by atoms with Crippen LogP contribution in [0.3, 0.4) is 0 Å². The summed E-state index contributed by atoms with van der Waals surface area (Å²) >= 11 is 0. The van der Waals surface area contributed by atoms with Crippen molar-refractivity contribution in [3.8, 4) is 0 Å². The van der Waals surface area contributed by atoms with Crippen molar-refractivity contribution < 1.29 is 9.13 Å². The average molecular weight is 238 g/mol. The molecule has 1 unspecified atom stereocenters. The summed E-state index contributed by atoms with van der Waals surface area (Å²) in [4.78, 5) is 2.10. The molecule has 0 amide bonds. The zero-order valence-electron chi connectivity index (χ0n) is 10.4. The third kappa shape index (κ3) is 2.36. The van der Waals surface area contributed by atoms with Gasteiger partial charge in [0, 0.05) is 20.2 Å². The van der Waals surface area contributed by atoms with E-state index in [-0.39, 0.29) is 17.1 Å². The van der Waals surface area contributed by atoms with E-state index in [4.69, 9.17) is 10.5 Å². The van der Waals surface area contributed by atoms with Crippen molar-refractivity contribution in [3.63, 3.8) is 0 Å². The number of halogens is 1. The summed E-state index contributed by atoms with van der Waals surface area (Å²) in [6.45, 7) is 3.72. The van der Waals surface area contributed by atoms with Gasteiger partial charge >= 0.3 is 0 Å². The summed E-state index contributed by atoms with van der Waals surface area (Å²) in [5, 5.41) is 0. The number of para-hydroxylation sites is 1. The summed E-state index contributed by atoms with van der Waals surface area (Å²) in [5.41, 5.74) is 6.62. The van der Waals surface area contributed by atoms with Crippen molar-refractivity contribution >= 4 is 11.4 Å². The van der Waals surface area contributed by atoms with Crippen LogP contribution in [0.25, 0.3) is 0 Å². The molecule has 94 valence electrons. The van der Waals surface area contributed by atoms with E-state index >= 15 is 0 Å². The van der Waals surface area contributed by atoms with Crippen LogP contribution in [0.2, 0.25) is 0 Å². The minimum atomic E-state index is -0.354. The summed E-state index contributed by atoms with van der Waals surface area (Å²) in [5.74, 6) is -0.354. The third-order valence-electron chi connectivity index (χ3n) is 3.52. The van der Waals surface area contributed by atoms with Gasteiger partial charge < -0.3 is 15.4 Å². The highest BCUT2D eigenvalue weighted by Crippen LogP contribution is 2.32. The molecule has 1 aromatic carbocycles. The SMILES string of the molecule is COC1(C)CCCN(c2cccc(F)c2N)C1. The molecule has 2 rings (SSSR count). The average Bonchev–Trinajstić information content (AvgIpc) is 2.33. The molecule has 2 N–H and O–H groups in total. The molecule has 1 aliphatic heterocycles. The van der Waals surface area contributed by atoms with Crippen LogP contribution >= 0.6 is 0 Å². The number of ether oxygens (including phenoxy) is 1. The largest absolute Gasteiger partial charge is 0.395 e. The Morgan fingerprint density at radius 3 is 2.94 bits per heavy atom. The van der Waals surface area contributed by atoms with E-state index in [1.165, 1.54) is 6.07 Å². The molecule has 1 fully saturated rings. The van der Waals surface area contributed by atoms with Crippen molar-refractivity contribution in [2.45, 2.75) is 25.4 Å². The fourth-order valence-electron chi connectivity index (χ4n) is 2.38. The number of methoxy groups -OCH3 is 1. The summed E-state index contributed by atoms with van der Waals surface area (Å²) < 4.78 is 18.9. The molecular formula is C13H19FN2O. The maximum absolute atomic E-state index is 13.4. The van der Waals surface area contributed by atoms with Gasteiger partial charge in [-0.1, -0.05) is 6.07 Å². The van der Waals surface area contributed by atoms with Gasteiger partial charge in [-0.05, 0) is 31.9 Å². The van der Waals surface area contributed by atoms with E-state index in [1.54, 1.807) is 13.2 Å². The van der Waals surface area contributed by atoms with Crippen LogP contribution in [0.4, 0.5) is 15.8 Å². The highest BCUT2D eigenvalue weighted by molar-refractivity contribution is 5.68. The lowest BCUT2D eigenvalue weighted by Gasteiger charge is -2.41. The van der Waals surface area contributed by atoms with E-state index in [2.05, 4.69) is 11.8 Å². The summed E-state index contributed by atoms with van der Waals surface area (Å²) in [7, 11) is 1.72. The van der Waals surface area contributed by atoms with E-state index < -0.39 is 0 Å². The maximum atomic E-state index is 13.4. The molecule has 1 heterocycles. The van der Waals surface area contributed by atoms with Gasteiger partial charge in [0.2, 0.25) is 0 Å². The molecule has 0 aromatic heterocycles. The summed E-state index contributed by atoms with van der Waals surface area (Å²) in [6.07, 6.45) is 2.05. The van der Waals surface area contributed by atoms with Crippen LogP contribution in [-0.2, 0) is 4.74 Å². The normalized spacial score (nSPS) is 25.0. The second kappa shape index (κ2) is 4.53. The lowest BCUT2D eigenvalue weighted by Crippen LogP contribution is -2.47. The standard InChI is InChI=1S/C13H19FN2O/c1-13(17-2)7-4-8-16(9-13)11-6-3-5-10(14)12(11)15/h3,5-6H,4,7-9,15H2,1-2H3. The minimum Gasteiger partial charge on any atom is -0.395 e. The van der Waals surface area contributed by atoms with Gasteiger partial charge in [0.25, 0.3) is 0 Å². The Bertz CT molecular complexity index is 410. The second-order valence-electron chi connectivity index (χ2n) is 4.85. The molecule has 0 radical (unpaired) electrons. The minimum absolute atomic E-state index is 0.170. The number of benzene rings is 1. The van der Waals surface area contributed by atoms with Gasteiger partial charge in [0.15, 0.2) is 0 Å². The zero-order chi connectivity index (χ0) is 12.5. The Hall–Kier alpha value is -1.29. The number of hydrogen-bond acceptors (Lipinski definition) is 3. The van der Waals surface area contributed by atoms with Gasteiger partial charge in [0.1, 0.15) is 5.82 Å². The topological polar surface area (TPSA) is 38.5 Å². The highest BCUT2D eigenvalue weighted by Gasteiger charge is 2.31. The van der Waals surface area contributed by atoms with Crippen LogP contribution < -0.4 is 10.6 Å². The second-order valence-corrected chi connectivity index (χ2v) is 4.85. The van der Waals surface area contributed by atoms with Gasteiger partial charge in [-0.3, -0.25) is 0 Å². The van der Waals surface area contributed by atoms with E-state index in [9.17, 15) is 4.39 Å². The van der Waals surface area contributed by atoms with Crippen LogP contribution in [0.5, 0.6) is 0 Å². The van der Waals surface area contributed by atoms with Crippen LogP contribution in [0.15, 0.2) is 18.2 Å². The van der Waals surface area contributed by atoms with Gasteiger partial charge in [-0.15, -0.1) is 0 Å². The molecule has 0 spiro atoms. The number of nitrogens with two attached hydrogens (primary N) is 1. The predicted octanol–water partition coefficient (Wildman–Crippen LogP) is 2.41. The Morgan fingerprint density at radius 2 is 2.24 bits per heavy atom. The van der Waals surface area contributed by atoms with E-state index in [0.717, 1.165) is 31.6 Å². The third-order valence-corrected chi connectivity index (χ3v) is 3.52. The molecule has 1 aromatic rings. The quantitative estimate of drug-likeness (QED) is 0.804. The Labute approximate surface area is 101 Å². The first kappa shape index (κ1) is 12.2. The number of anilines is 2. The van der Waals surface area contributed by atoms with Crippen molar-refractivity contribution in [3.05, 3.63) is 24.0 Å². The molecular weight excluding hydrogens is 219 g/mol. The molecule has 0 aliphatic carbocycles. The highest BCUT2D eigenvalue weighted by atomic mass is 19.1. The van der Waals surface area contributed by atoms with Gasteiger partial charge in [0.05, 0.1) is 17.0 Å². The first-order valence-electron chi connectivity index (χ1n) is 5.90. The summed E-state index contributed by atoms with van der Waals surface area (Å²) in [6, 6.07) is 4.94. The van der Waals surface area contributed by atoms with Crippen LogP contribution in [0.1, 0.15) is 19.8 Å². The smallest absolute Gasteiger partial charge is 0.148 e. The number of rotatable bonds is 2. The van der Waals surface area contributed by atoms with Gasteiger partial charge in [-0.25, -0.2) is 4.39 Å². The number of piperidine rings is 1. The van der Waals surface area contributed by atoms with Crippen LogP contribution in [-0.4, -0.2) is 25.8 Å².